The number of benzene rings is 1. The van der Waals surface area contributed by atoms with Gasteiger partial charge in [-0.2, -0.15) is 0 Å². The molecule has 112 valence electrons. The van der Waals surface area contributed by atoms with Crippen molar-refractivity contribution in [2.24, 2.45) is 0 Å². The zero-order chi connectivity index (χ0) is 15.1. The van der Waals surface area contributed by atoms with Crippen molar-refractivity contribution in [2.45, 2.75) is 38.9 Å². The van der Waals surface area contributed by atoms with Crippen LogP contribution in [0.15, 0.2) is 43.0 Å². The van der Waals surface area contributed by atoms with E-state index in [2.05, 4.69) is 38.4 Å². The molecule has 0 saturated heterocycles. The summed E-state index contributed by atoms with van der Waals surface area (Å²) in [5.74, 6) is 0. The summed E-state index contributed by atoms with van der Waals surface area (Å²) in [5, 5.41) is 0. The Morgan fingerprint density at radius 3 is 2.40 bits per heavy atom. The van der Waals surface area contributed by atoms with Gasteiger partial charge in [0, 0.05) is 12.3 Å². The molecular formula is C16H27O2PSi. The molecule has 0 aromatic heterocycles. The number of allylic oxidation sites excluding steroid dienone is 1. The van der Waals surface area contributed by atoms with Crippen LogP contribution in [0.1, 0.15) is 18.4 Å². The van der Waals surface area contributed by atoms with E-state index in [4.69, 9.17) is 4.21 Å². The summed E-state index contributed by atoms with van der Waals surface area (Å²) in [7, 11) is -4.27. The molecule has 0 radical (unpaired) electrons. The van der Waals surface area contributed by atoms with Crippen LogP contribution in [0.2, 0.25) is 19.6 Å². The average Bonchev–Trinajstić information content (AvgIpc) is 2.36. The molecule has 2 nitrogen and oxygen atoms in total. The monoisotopic (exact) mass is 310 g/mol. The minimum Gasteiger partial charge on any atom is -0.370 e. The van der Waals surface area contributed by atoms with Gasteiger partial charge in [0.1, 0.15) is 0 Å². The van der Waals surface area contributed by atoms with Crippen LogP contribution in [0.5, 0.6) is 0 Å². The largest absolute Gasteiger partial charge is 0.370 e. The second-order valence-electron chi connectivity index (χ2n) is 6.13. The predicted octanol–water partition coefficient (Wildman–Crippen LogP) is 5.32. The molecule has 0 heterocycles. The van der Waals surface area contributed by atoms with Gasteiger partial charge in [-0.15, -0.1) is 6.58 Å². The third kappa shape index (κ3) is 7.23. The van der Waals surface area contributed by atoms with Gasteiger partial charge in [0.25, 0.3) is 0 Å². The van der Waals surface area contributed by atoms with Crippen LogP contribution in [0.25, 0.3) is 0 Å². The van der Waals surface area contributed by atoms with Gasteiger partial charge in [-0.1, -0.05) is 36.4 Å². The highest BCUT2D eigenvalue weighted by atomic mass is 31.2. The van der Waals surface area contributed by atoms with Crippen molar-refractivity contribution in [3.05, 3.63) is 48.6 Å². The summed E-state index contributed by atoms with van der Waals surface area (Å²) in [4.78, 5) is 0. The van der Waals surface area contributed by atoms with Crippen molar-refractivity contribution < 1.29 is 8.78 Å². The summed E-state index contributed by atoms with van der Waals surface area (Å²) in [6, 6.07) is 10.4. The lowest BCUT2D eigenvalue weighted by Crippen LogP contribution is -2.25. The zero-order valence-corrected chi connectivity index (χ0v) is 14.9. The van der Waals surface area contributed by atoms with Crippen LogP contribution in [0.4, 0.5) is 0 Å². The Kier molecular flexibility index (Phi) is 6.94. The summed E-state index contributed by atoms with van der Waals surface area (Å²) in [5.41, 5.74) is 1.30. The average molecular weight is 310 g/mol. The minimum atomic E-state index is -2.50. The Bertz CT molecular complexity index is 451. The molecule has 0 fully saturated rings. The number of rotatable bonds is 9. The maximum Gasteiger partial charge on any atom is 0.194 e. The maximum atomic E-state index is 12.9. The molecule has 1 aromatic carbocycles. The third-order valence-electron chi connectivity index (χ3n) is 2.92. The molecule has 0 amide bonds. The molecule has 0 aliphatic rings. The molecule has 0 aliphatic carbocycles. The van der Waals surface area contributed by atoms with E-state index < -0.39 is 15.7 Å². The smallest absolute Gasteiger partial charge is 0.194 e. The fraction of sp³-hybridized carbons (Fsp3) is 0.500. The molecule has 0 aliphatic heterocycles. The molecule has 1 atom stereocenters. The molecule has 1 unspecified atom stereocenters. The van der Waals surface area contributed by atoms with Crippen molar-refractivity contribution in [1.82, 2.24) is 0 Å². The summed E-state index contributed by atoms with van der Waals surface area (Å²) >= 11 is 0. The Balaban J connectivity index is 2.56. The van der Waals surface area contributed by atoms with Crippen LogP contribution in [-0.2, 0) is 15.2 Å². The fourth-order valence-electron chi connectivity index (χ4n) is 2.16. The van der Waals surface area contributed by atoms with Crippen LogP contribution in [-0.4, -0.2) is 20.6 Å². The van der Waals surface area contributed by atoms with Crippen molar-refractivity contribution in [2.75, 3.05) is 12.3 Å². The molecule has 1 aromatic rings. The summed E-state index contributed by atoms with van der Waals surface area (Å²) < 4.78 is 19.0. The van der Waals surface area contributed by atoms with Crippen LogP contribution in [0, 0.1) is 0 Å². The maximum absolute atomic E-state index is 12.9. The van der Waals surface area contributed by atoms with E-state index >= 15 is 0 Å². The van der Waals surface area contributed by atoms with Crippen molar-refractivity contribution in [3.63, 3.8) is 0 Å². The van der Waals surface area contributed by atoms with Crippen LogP contribution in [0.3, 0.4) is 0 Å². The molecular weight excluding hydrogens is 283 g/mol. The Labute approximate surface area is 124 Å². The Morgan fingerprint density at radius 2 is 1.85 bits per heavy atom. The van der Waals surface area contributed by atoms with E-state index in [0.29, 0.717) is 12.3 Å². The molecule has 0 spiro atoms. The third-order valence-corrected chi connectivity index (χ3v) is 8.38. The zero-order valence-electron chi connectivity index (χ0n) is 13.0. The van der Waals surface area contributed by atoms with E-state index in [0.717, 1.165) is 19.3 Å². The first kappa shape index (κ1) is 17.4. The predicted molar refractivity (Wildman–Crippen MR) is 91.3 cm³/mol. The Hall–Kier alpha value is -0.633. The normalized spacial score (nSPS) is 14.8. The topological polar surface area (TPSA) is 26.3 Å². The van der Waals surface area contributed by atoms with Crippen LogP contribution < -0.4 is 0 Å². The molecule has 20 heavy (non-hydrogen) atoms. The lowest BCUT2D eigenvalue weighted by atomic mass is 10.1. The van der Waals surface area contributed by atoms with E-state index in [1.165, 1.54) is 5.56 Å². The summed E-state index contributed by atoms with van der Waals surface area (Å²) in [6.07, 6.45) is 5.80. The standard InChI is InChI=1S/C16H27O2PSi/c1-5-6-14-19(17,18-20(2,3)4)15-10-13-16-11-8-7-9-12-16/h5,7-9,11-12H,1,6,10,13-15H2,2-4H3. The SMILES string of the molecule is C=CCCP(=O)(CCCc1ccccc1)O[Si](C)(C)C. The number of hydrogen-bond acceptors (Lipinski definition) is 2. The van der Waals surface area contributed by atoms with E-state index in [9.17, 15) is 4.57 Å². The molecule has 0 N–H and O–H groups in total. The fourth-order valence-corrected chi connectivity index (χ4v) is 8.32. The van der Waals surface area contributed by atoms with Gasteiger partial charge in [-0.3, -0.25) is 4.57 Å². The highest BCUT2D eigenvalue weighted by Crippen LogP contribution is 2.50. The second kappa shape index (κ2) is 7.97. The first-order valence-corrected chi connectivity index (χ1v) is 12.7. The van der Waals surface area contributed by atoms with Gasteiger partial charge in [0.05, 0.1) is 0 Å². The lowest BCUT2D eigenvalue weighted by Gasteiger charge is -2.26. The minimum absolute atomic E-state index is 0.634. The number of hydrogen-bond donors (Lipinski definition) is 0. The molecule has 4 heteroatoms. The van der Waals surface area contributed by atoms with Gasteiger partial charge in [0.15, 0.2) is 15.7 Å². The van der Waals surface area contributed by atoms with Gasteiger partial charge < -0.3 is 4.21 Å². The number of aryl methyl sites for hydroxylation is 1. The second-order valence-corrected chi connectivity index (χ2v) is 13.6. The summed E-state index contributed by atoms with van der Waals surface area (Å²) in [6.45, 7) is 10.0. The Morgan fingerprint density at radius 1 is 1.20 bits per heavy atom. The van der Waals surface area contributed by atoms with E-state index in [-0.39, 0.29) is 0 Å². The molecule has 0 bridgehead atoms. The van der Waals surface area contributed by atoms with E-state index in [1.807, 2.05) is 24.3 Å². The highest BCUT2D eigenvalue weighted by molar-refractivity contribution is 7.60. The van der Waals surface area contributed by atoms with Gasteiger partial charge in [-0.25, -0.2) is 0 Å². The van der Waals surface area contributed by atoms with Gasteiger partial charge in [-0.05, 0) is 44.5 Å². The van der Waals surface area contributed by atoms with Crippen LogP contribution >= 0.6 is 7.37 Å². The molecule has 0 saturated carbocycles. The van der Waals surface area contributed by atoms with Gasteiger partial charge >= 0.3 is 0 Å². The molecule has 1 rings (SSSR count). The van der Waals surface area contributed by atoms with Crippen molar-refractivity contribution >= 4 is 15.7 Å². The van der Waals surface area contributed by atoms with Crippen molar-refractivity contribution in [1.29, 1.82) is 0 Å². The lowest BCUT2D eigenvalue weighted by molar-refractivity contribution is 0.478. The first-order valence-electron chi connectivity index (χ1n) is 7.28. The van der Waals surface area contributed by atoms with Gasteiger partial charge in [0.2, 0.25) is 0 Å². The highest BCUT2D eigenvalue weighted by Gasteiger charge is 2.29. The first-order chi connectivity index (χ1) is 9.35. The quantitative estimate of drug-likeness (QED) is 0.350. The van der Waals surface area contributed by atoms with E-state index in [1.54, 1.807) is 0 Å². The van der Waals surface area contributed by atoms with Crippen molar-refractivity contribution in [3.8, 4) is 0 Å².